The van der Waals surface area contributed by atoms with E-state index in [1.54, 1.807) is 19.5 Å². The predicted octanol–water partition coefficient (Wildman–Crippen LogP) is 4.23. The van der Waals surface area contributed by atoms with Crippen molar-refractivity contribution in [3.8, 4) is 11.3 Å². The lowest BCUT2D eigenvalue weighted by Crippen LogP contribution is -2.10. The SMILES string of the molecule is CN=CC(C=N)c1cccc(Cc2c3c(nn2C)CCc2cnc(Nc4ccn(CCCn5ccnc5)n4)nc2-3)c1. The minimum atomic E-state index is -0.136. The molecule has 0 radical (unpaired) electrons. The Labute approximate surface area is 238 Å². The molecule has 1 aliphatic rings. The van der Waals surface area contributed by atoms with E-state index in [4.69, 9.17) is 15.5 Å². The maximum atomic E-state index is 7.81. The van der Waals surface area contributed by atoms with Gasteiger partial charge < -0.3 is 15.3 Å². The van der Waals surface area contributed by atoms with E-state index in [0.717, 1.165) is 71.7 Å². The molecule has 4 aromatic heterocycles. The second-order valence-corrected chi connectivity index (χ2v) is 10.2. The van der Waals surface area contributed by atoms with Crippen LogP contribution in [-0.4, -0.2) is 58.6 Å². The summed E-state index contributed by atoms with van der Waals surface area (Å²) in [5.74, 6) is 1.09. The third-order valence-corrected chi connectivity index (χ3v) is 7.41. The fourth-order valence-corrected chi connectivity index (χ4v) is 5.38. The van der Waals surface area contributed by atoms with Gasteiger partial charge in [0.15, 0.2) is 5.82 Å². The molecule has 1 aliphatic carbocycles. The smallest absolute Gasteiger partial charge is 0.228 e. The van der Waals surface area contributed by atoms with E-state index in [-0.39, 0.29) is 5.92 Å². The molecule has 5 aromatic rings. The predicted molar refractivity (Wildman–Crippen MR) is 159 cm³/mol. The molecular formula is C30H33N11. The zero-order valence-electron chi connectivity index (χ0n) is 23.3. The number of nitrogens with zero attached hydrogens (tertiary/aromatic N) is 9. The second-order valence-electron chi connectivity index (χ2n) is 10.2. The second kappa shape index (κ2) is 11.7. The standard InChI is InChI=1S/C30H33N11/c1-32-18-24(17-31)22-6-3-5-21(15-22)16-26-28-25(37-39(26)2)8-7-23-19-34-30(36-29(23)28)35-27-9-13-41(38-27)12-4-11-40-14-10-33-20-40/h3,5-6,9-10,13-15,17-20,24,31H,4,7-8,11-12,16H2,1-2H3,(H,34,35,36,38). The molecule has 1 aromatic carbocycles. The van der Waals surface area contributed by atoms with Gasteiger partial charge in [-0.25, -0.2) is 15.0 Å². The highest BCUT2D eigenvalue weighted by atomic mass is 15.3. The van der Waals surface area contributed by atoms with Crippen LogP contribution in [0, 0.1) is 5.41 Å². The first-order valence-electron chi connectivity index (χ1n) is 13.8. The van der Waals surface area contributed by atoms with Crippen LogP contribution in [0.1, 0.15) is 40.4 Å². The number of hydrogen-bond acceptors (Lipinski definition) is 8. The first-order chi connectivity index (χ1) is 20.1. The van der Waals surface area contributed by atoms with E-state index in [1.165, 1.54) is 6.21 Å². The van der Waals surface area contributed by atoms with Crippen molar-refractivity contribution >= 4 is 24.2 Å². The highest BCUT2D eigenvalue weighted by molar-refractivity contribution is 5.89. The van der Waals surface area contributed by atoms with Gasteiger partial charge in [-0.05, 0) is 36.0 Å². The van der Waals surface area contributed by atoms with Crippen LogP contribution in [0.4, 0.5) is 11.8 Å². The maximum absolute atomic E-state index is 7.81. The quantitative estimate of drug-likeness (QED) is 0.238. The Balaban J connectivity index is 1.22. The third-order valence-electron chi connectivity index (χ3n) is 7.41. The number of nitrogens with one attached hydrogen (secondary N) is 2. The summed E-state index contributed by atoms with van der Waals surface area (Å²) >= 11 is 0. The van der Waals surface area contributed by atoms with E-state index in [1.807, 2.05) is 59.5 Å². The van der Waals surface area contributed by atoms with Gasteiger partial charge in [-0.2, -0.15) is 10.2 Å². The molecule has 0 saturated carbocycles. The molecule has 4 heterocycles. The van der Waals surface area contributed by atoms with Crippen LogP contribution in [0.5, 0.6) is 0 Å². The average Bonchev–Trinajstić information content (AvgIpc) is 3.73. The number of rotatable bonds is 11. The van der Waals surface area contributed by atoms with E-state index in [9.17, 15) is 0 Å². The van der Waals surface area contributed by atoms with Crippen molar-refractivity contribution in [2.45, 2.75) is 44.7 Å². The van der Waals surface area contributed by atoms with Crippen molar-refractivity contribution < 1.29 is 0 Å². The van der Waals surface area contributed by atoms with Gasteiger partial charge in [0, 0.05) is 82.5 Å². The Bertz CT molecular complexity index is 1680. The number of aryl methyl sites for hydroxylation is 5. The minimum Gasteiger partial charge on any atom is -0.337 e. The van der Waals surface area contributed by atoms with Crippen LogP contribution >= 0.6 is 0 Å². The van der Waals surface area contributed by atoms with Crippen molar-refractivity contribution in [3.63, 3.8) is 0 Å². The van der Waals surface area contributed by atoms with E-state index in [0.29, 0.717) is 18.2 Å². The molecule has 1 atom stereocenters. The summed E-state index contributed by atoms with van der Waals surface area (Å²) in [6, 6.07) is 10.3. The molecule has 208 valence electrons. The normalized spacial score (nSPS) is 13.2. The molecule has 2 N–H and O–H groups in total. The number of aromatic nitrogens is 8. The average molecular weight is 548 g/mol. The Hall–Kier alpha value is -4.93. The van der Waals surface area contributed by atoms with Crippen molar-refractivity contribution in [2.75, 3.05) is 12.4 Å². The lowest BCUT2D eigenvalue weighted by molar-refractivity contribution is 0.527. The molecule has 1 unspecified atom stereocenters. The lowest BCUT2D eigenvalue weighted by atomic mass is 9.91. The number of hydrogen-bond donors (Lipinski definition) is 2. The van der Waals surface area contributed by atoms with Crippen molar-refractivity contribution in [2.24, 2.45) is 12.0 Å². The fraction of sp³-hybridized carbons (Fsp3) is 0.300. The number of anilines is 2. The number of imidazole rings is 1. The molecule has 41 heavy (non-hydrogen) atoms. The number of benzene rings is 1. The summed E-state index contributed by atoms with van der Waals surface area (Å²) in [4.78, 5) is 17.8. The highest BCUT2D eigenvalue weighted by Gasteiger charge is 2.26. The van der Waals surface area contributed by atoms with E-state index >= 15 is 0 Å². The highest BCUT2D eigenvalue weighted by Crippen LogP contribution is 2.36. The monoisotopic (exact) mass is 547 g/mol. The van der Waals surface area contributed by atoms with Gasteiger partial charge in [-0.3, -0.25) is 14.4 Å². The van der Waals surface area contributed by atoms with Crippen LogP contribution in [0.3, 0.4) is 0 Å². The molecule has 11 nitrogen and oxygen atoms in total. The van der Waals surface area contributed by atoms with Gasteiger partial charge in [-0.1, -0.05) is 24.3 Å². The Kier molecular flexibility index (Phi) is 7.48. The van der Waals surface area contributed by atoms with Crippen LogP contribution < -0.4 is 5.32 Å². The Morgan fingerprint density at radius 3 is 2.90 bits per heavy atom. The summed E-state index contributed by atoms with van der Waals surface area (Å²) in [7, 11) is 3.74. The van der Waals surface area contributed by atoms with Crippen molar-refractivity contribution in [1.29, 1.82) is 5.41 Å². The first-order valence-corrected chi connectivity index (χ1v) is 13.8. The van der Waals surface area contributed by atoms with Gasteiger partial charge in [0.05, 0.1) is 29.3 Å². The largest absolute Gasteiger partial charge is 0.337 e. The third kappa shape index (κ3) is 5.69. The molecule has 0 fully saturated rings. The van der Waals surface area contributed by atoms with Crippen LogP contribution in [0.15, 0.2) is 66.4 Å². The minimum absolute atomic E-state index is 0.136. The van der Waals surface area contributed by atoms with Gasteiger partial charge in [-0.15, -0.1) is 0 Å². The Morgan fingerprint density at radius 2 is 2.07 bits per heavy atom. The van der Waals surface area contributed by atoms with E-state index < -0.39 is 0 Å². The Morgan fingerprint density at radius 1 is 1.15 bits per heavy atom. The van der Waals surface area contributed by atoms with Gasteiger partial charge in [0.25, 0.3) is 0 Å². The fourth-order valence-electron chi connectivity index (χ4n) is 5.38. The van der Waals surface area contributed by atoms with Gasteiger partial charge in [0.1, 0.15) is 0 Å². The zero-order valence-corrected chi connectivity index (χ0v) is 23.3. The van der Waals surface area contributed by atoms with Crippen molar-refractivity contribution in [3.05, 3.63) is 89.5 Å². The number of fused-ring (bicyclic) bond motifs is 3. The molecule has 0 amide bonds. The summed E-state index contributed by atoms with van der Waals surface area (Å²) in [5, 5.41) is 20.6. The molecule has 11 heteroatoms. The summed E-state index contributed by atoms with van der Waals surface area (Å²) in [5.41, 5.74) is 7.52. The van der Waals surface area contributed by atoms with Crippen LogP contribution in [0.2, 0.25) is 0 Å². The first kappa shape index (κ1) is 26.3. The molecular weight excluding hydrogens is 514 g/mol. The van der Waals surface area contributed by atoms with Gasteiger partial charge in [0.2, 0.25) is 5.95 Å². The van der Waals surface area contributed by atoms with Crippen LogP contribution in [-0.2, 0) is 39.4 Å². The zero-order chi connectivity index (χ0) is 28.2. The molecule has 0 bridgehead atoms. The molecule has 0 saturated heterocycles. The lowest BCUT2D eigenvalue weighted by Gasteiger charge is -2.17. The maximum Gasteiger partial charge on any atom is 0.228 e. The van der Waals surface area contributed by atoms with E-state index in [2.05, 4.69) is 42.1 Å². The topological polar surface area (TPSA) is 127 Å². The molecule has 0 aliphatic heterocycles. The molecule has 0 spiro atoms. The van der Waals surface area contributed by atoms with Gasteiger partial charge >= 0.3 is 0 Å². The van der Waals surface area contributed by atoms with Crippen molar-refractivity contribution in [1.82, 2.24) is 39.1 Å². The summed E-state index contributed by atoms with van der Waals surface area (Å²) in [6.45, 7) is 1.70. The summed E-state index contributed by atoms with van der Waals surface area (Å²) < 4.78 is 5.97. The molecule has 6 rings (SSSR count). The number of aliphatic imine (C=N–C) groups is 1. The van der Waals surface area contributed by atoms with Crippen LogP contribution in [0.25, 0.3) is 11.3 Å². The summed E-state index contributed by atoms with van der Waals surface area (Å²) in [6.07, 6.45) is 16.1.